The molecule has 1 saturated heterocycles. The van der Waals surface area contributed by atoms with Gasteiger partial charge in [-0.05, 0) is 29.8 Å². The number of phenols is 1. The number of aliphatic hydroxyl groups is 7. The van der Waals surface area contributed by atoms with E-state index in [0.29, 0.717) is 5.56 Å². The highest BCUT2D eigenvalue weighted by atomic mass is 16.8. The van der Waals surface area contributed by atoms with Gasteiger partial charge in [-0.15, -0.1) is 0 Å². The van der Waals surface area contributed by atoms with Crippen LogP contribution in [0.5, 0.6) is 5.75 Å². The Morgan fingerprint density at radius 1 is 1.03 bits per heavy atom. The maximum atomic E-state index is 12.5. The molecular formula is C24H30O13. The second-order valence-corrected chi connectivity index (χ2v) is 9.19. The lowest BCUT2D eigenvalue weighted by Gasteiger charge is -2.43. The van der Waals surface area contributed by atoms with Crippen LogP contribution >= 0.6 is 0 Å². The lowest BCUT2D eigenvalue weighted by Crippen LogP contribution is -2.61. The van der Waals surface area contributed by atoms with Crippen LogP contribution in [0.1, 0.15) is 5.56 Å². The molecule has 1 saturated carbocycles. The van der Waals surface area contributed by atoms with E-state index in [1.165, 1.54) is 30.5 Å². The van der Waals surface area contributed by atoms with Gasteiger partial charge in [-0.1, -0.05) is 12.1 Å². The van der Waals surface area contributed by atoms with Crippen LogP contribution < -0.4 is 0 Å². The van der Waals surface area contributed by atoms with Crippen LogP contribution in [-0.2, 0) is 23.7 Å². The number of benzene rings is 1. The van der Waals surface area contributed by atoms with Crippen molar-refractivity contribution in [3.63, 3.8) is 0 Å². The zero-order valence-corrected chi connectivity index (χ0v) is 19.4. The van der Waals surface area contributed by atoms with Crippen LogP contribution in [0.2, 0.25) is 0 Å². The second kappa shape index (κ2) is 11.0. The van der Waals surface area contributed by atoms with Crippen LogP contribution in [0, 0.1) is 11.8 Å². The van der Waals surface area contributed by atoms with Gasteiger partial charge < -0.3 is 59.8 Å². The number of phenolic OH excluding ortho intramolecular Hbond substituents is 1. The van der Waals surface area contributed by atoms with Crippen molar-refractivity contribution < 1.29 is 64.6 Å². The zero-order valence-electron chi connectivity index (χ0n) is 19.4. The molecule has 3 aliphatic rings. The smallest absolute Gasteiger partial charge is 0.331 e. The van der Waals surface area contributed by atoms with Crippen molar-refractivity contribution in [3.8, 4) is 5.75 Å². The fourth-order valence-electron chi connectivity index (χ4n) is 4.87. The van der Waals surface area contributed by atoms with E-state index >= 15 is 0 Å². The fourth-order valence-corrected chi connectivity index (χ4v) is 4.87. The highest BCUT2D eigenvalue weighted by Crippen LogP contribution is 2.48. The van der Waals surface area contributed by atoms with Gasteiger partial charge in [0.05, 0.1) is 25.4 Å². The van der Waals surface area contributed by atoms with Gasteiger partial charge in [0.2, 0.25) is 6.29 Å². The van der Waals surface area contributed by atoms with Crippen molar-refractivity contribution in [2.24, 2.45) is 11.8 Å². The molecule has 2 aliphatic heterocycles. The van der Waals surface area contributed by atoms with Gasteiger partial charge in [0, 0.05) is 12.0 Å². The van der Waals surface area contributed by atoms with Crippen LogP contribution in [0.4, 0.5) is 0 Å². The van der Waals surface area contributed by atoms with Crippen LogP contribution in [-0.4, -0.2) is 115 Å². The van der Waals surface area contributed by atoms with E-state index < -0.39 is 85.8 Å². The fraction of sp³-hybridized carbons (Fsp3) is 0.542. The standard InChI is InChI=1S/C24H30O13/c25-9-14-17(29)18(30)19(31)23(35-14)37-22-16-13(7-8-34-22)20(21(32)24(16,33)10-26)36-15(28)6-3-11-1-4-12(27)5-2-11/h1-8,13-14,16-23,25-27,29-33H,9-10H2/b6-3+/t13-,14-,16-,17-,18+,19-,20+,21-,22+,23+,24-/m1/s1. The highest BCUT2D eigenvalue weighted by Gasteiger charge is 2.65. The Morgan fingerprint density at radius 3 is 2.38 bits per heavy atom. The Morgan fingerprint density at radius 2 is 1.73 bits per heavy atom. The summed E-state index contributed by atoms with van der Waals surface area (Å²) in [6.07, 6.45) is -7.50. The van der Waals surface area contributed by atoms with E-state index in [4.69, 9.17) is 18.9 Å². The summed E-state index contributed by atoms with van der Waals surface area (Å²) in [7, 11) is 0. The first-order chi connectivity index (χ1) is 17.6. The van der Waals surface area contributed by atoms with E-state index in [1.807, 2.05) is 0 Å². The van der Waals surface area contributed by atoms with Crippen molar-refractivity contribution in [2.75, 3.05) is 13.2 Å². The van der Waals surface area contributed by atoms with Crippen molar-refractivity contribution in [2.45, 2.75) is 54.8 Å². The van der Waals surface area contributed by atoms with Crippen molar-refractivity contribution in [3.05, 3.63) is 48.2 Å². The molecule has 37 heavy (non-hydrogen) atoms. The number of rotatable bonds is 7. The van der Waals surface area contributed by atoms with Gasteiger partial charge >= 0.3 is 5.97 Å². The van der Waals surface area contributed by atoms with E-state index in [1.54, 1.807) is 12.1 Å². The highest BCUT2D eigenvalue weighted by molar-refractivity contribution is 5.87. The molecule has 0 unspecified atom stereocenters. The minimum absolute atomic E-state index is 0.0509. The summed E-state index contributed by atoms with van der Waals surface area (Å²) in [5, 5.41) is 81.1. The molecule has 204 valence electrons. The van der Waals surface area contributed by atoms with Gasteiger partial charge in [-0.3, -0.25) is 0 Å². The number of carbonyl (C=O) groups is 1. The van der Waals surface area contributed by atoms with E-state index in [9.17, 15) is 45.6 Å². The Labute approximate surface area is 211 Å². The summed E-state index contributed by atoms with van der Waals surface area (Å²) in [6.45, 7) is -1.67. The first kappa shape index (κ1) is 27.4. The van der Waals surface area contributed by atoms with E-state index in [-0.39, 0.29) is 5.75 Å². The van der Waals surface area contributed by atoms with Crippen LogP contribution in [0.3, 0.4) is 0 Å². The Bertz CT molecular complexity index is 995. The first-order valence-corrected chi connectivity index (χ1v) is 11.6. The molecule has 1 aromatic rings. The number of ether oxygens (including phenoxy) is 4. The molecule has 0 radical (unpaired) electrons. The number of aromatic hydroxyl groups is 1. The molecule has 0 aromatic heterocycles. The summed E-state index contributed by atoms with van der Waals surface area (Å²) >= 11 is 0. The zero-order chi connectivity index (χ0) is 26.9. The molecule has 13 heteroatoms. The maximum absolute atomic E-state index is 12.5. The number of carbonyl (C=O) groups excluding carboxylic acids is 1. The van der Waals surface area contributed by atoms with Crippen molar-refractivity contribution >= 4 is 12.0 Å². The lowest BCUT2D eigenvalue weighted by atomic mass is 9.83. The van der Waals surface area contributed by atoms with Gasteiger partial charge in [-0.2, -0.15) is 0 Å². The number of hydrogen-bond donors (Lipinski definition) is 8. The molecule has 11 atom stereocenters. The maximum Gasteiger partial charge on any atom is 0.331 e. The van der Waals surface area contributed by atoms with Crippen LogP contribution in [0.25, 0.3) is 6.08 Å². The summed E-state index contributed by atoms with van der Waals surface area (Å²) in [4.78, 5) is 12.5. The third kappa shape index (κ3) is 5.23. The Hall–Kier alpha value is -2.59. The minimum atomic E-state index is -2.28. The third-order valence-electron chi connectivity index (χ3n) is 6.93. The quantitative estimate of drug-likeness (QED) is 0.135. The van der Waals surface area contributed by atoms with Gasteiger partial charge in [-0.25, -0.2) is 4.79 Å². The monoisotopic (exact) mass is 526 g/mol. The summed E-state index contributed by atoms with van der Waals surface area (Å²) < 4.78 is 21.8. The van der Waals surface area contributed by atoms with E-state index in [0.717, 1.165) is 6.08 Å². The van der Waals surface area contributed by atoms with Crippen molar-refractivity contribution in [1.82, 2.24) is 0 Å². The molecule has 4 rings (SSSR count). The molecule has 1 aromatic carbocycles. The average molecular weight is 526 g/mol. The SMILES string of the molecule is O=C(/C=C/c1ccc(O)cc1)O[C@H]1[C@@H]2C=CO[C@@H](O[C@@H]3O[C@H](CO)[C@@H](O)[C@H](O)[C@H]3O)[C@@H]2[C@](O)(CO)[C@@H]1O. The van der Waals surface area contributed by atoms with Gasteiger partial charge in [0.1, 0.15) is 48.0 Å². The average Bonchev–Trinajstić information content (AvgIpc) is 3.11. The Balaban J connectivity index is 1.51. The predicted molar refractivity (Wildman–Crippen MR) is 121 cm³/mol. The lowest BCUT2D eigenvalue weighted by molar-refractivity contribution is -0.348. The summed E-state index contributed by atoms with van der Waals surface area (Å²) in [6, 6.07) is 5.98. The normalized spacial score (nSPS) is 41.4. The first-order valence-electron chi connectivity index (χ1n) is 11.6. The molecule has 0 bridgehead atoms. The van der Waals surface area contributed by atoms with Crippen molar-refractivity contribution in [1.29, 1.82) is 0 Å². The number of aliphatic hydroxyl groups excluding tert-OH is 6. The molecule has 0 spiro atoms. The molecule has 2 fully saturated rings. The minimum Gasteiger partial charge on any atom is -0.508 e. The third-order valence-corrected chi connectivity index (χ3v) is 6.93. The Kier molecular flexibility index (Phi) is 8.18. The summed E-state index contributed by atoms with van der Waals surface area (Å²) in [5.41, 5.74) is -1.69. The molecular weight excluding hydrogens is 496 g/mol. The van der Waals surface area contributed by atoms with Gasteiger partial charge in [0.15, 0.2) is 6.29 Å². The topological polar surface area (TPSA) is 216 Å². The van der Waals surface area contributed by atoms with Crippen LogP contribution in [0.15, 0.2) is 42.7 Å². The number of esters is 1. The predicted octanol–water partition coefficient (Wildman–Crippen LogP) is -2.67. The molecule has 0 amide bonds. The second-order valence-electron chi connectivity index (χ2n) is 9.19. The van der Waals surface area contributed by atoms with Gasteiger partial charge in [0.25, 0.3) is 0 Å². The largest absolute Gasteiger partial charge is 0.508 e. The number of fused-ring (bicyclic) bond motifs is 1. The molecule has 13 nitrogen and oxygen atoms in total. The molecule has 8 N–H and O–H groups in total. The molecule has 2 heterocycles. The molecule has 1 aliphatic carbocycles. The summed E-state index contributed by atoms with van der Waals surface area (Å²) in [5.74, 6) is -2.95. The number of hydrogen-bond acceptors (Lipinski definition) is 13. The van der Waals surface area contributed by atoms with E-state index in [2.05, 4.69) is 0 Å².